The van der Waals surface area contributed by atoms with Gasteiger partial charge in [-0.2, -0.15) is 0 Å². The molecule has 23 heavy (non-hydrogen) atoms. The van der Waals surface area contributed by atoms with Gasteiger partial charge in [-0.3, -0.25) is 4.79 Å². The van der Waals surface area contributed by atoms with Crippen molar-refractivity contribution in [1.82, 2.24) is 5.32 Å². The Morgan fingerprint density at radius 3 is 2.43 bits per heavy atom. The van der Waals surface area contributed by atoms with Crippen LogP contribution in [0.1, 0.15) is 37.8 Å². The summed E-state index contributed by atoms with van der Waals surface area (Å²) < 4.78 is 5.07. The summed E-state index contributed by atoms with van der Waals surface area (Å²) in [6.07, 6.45) is 3.05. The van der Waals surface area contributed by atoms with Gasteiger partial charge in [-0.15, -0.1) is 0 Å². The van der Waals surface area contributed by atoms with Crippen molar-refractivity contribution in [3.63, 3.8) is 0 Å². The second kappa shape index (κ2) is 9.04. The number of carbonyl (C=O) groups excluding carboxylic acids is 1. The molecule has 1 fully saturated rings. The molecule has 2 rings (SSSR count). The second-order valence-electron chi connectivity index (χ2n) is 6.74. The number of carbonyl (C=O) groups is 1. The lowest BCUT2D eigenvalue weighted by molar-refractivity contribution is -0.919. The summed E-state index contributed by atoms with van der Waals surface area (Å²) in [5, 5.41) is 3.05. The van der Waals surface area contributed by atoms with Crippen molar-refractivity contribution in [2.75, 3.05) is 26.8 Å². The van der Waals surface area contributed by atoms with Gasteiger partial charge in [0.15, 0.2) is 0 Å². The summed E-state index contributed by atoms with van der Waals surface area (Å²) in [4.78, 5) is 13.8. The van der Waals surface area contributed by atoms with Crippen LogP contribution in [-0.2, 0) is 22.5 Å². The number of nitrogens with one attached hydrogen (secondary N) is 2. The van der Waals surface area contributed by atoms with Crippen LogP contribution in [-0.4, -0.2) is 38.8 Å². The molecule has 0 aromatic heterocycles. The molecule has 1 aliphatic rings. The largest absolute Gasteiger partial charge is 0.383 e. The van der Waals surface area contributed by atoms with E-state index < -0.39 is 0 Å². The third-order valence-electron chi connectivity index (χ3n) is 4.75. The molecule has 1 aliphatic heterocycles. The van der Waals surface area contributed by atoms with E-state index in [4.69, 9.17) is 4.74 Å². The average Bonchev–Trinajstić information content (AvgIpc) is 2.56. The van der Waals surface area contributed by atoms with Gasteiger partial charge in [0.05, 0.1) is 19.7 Å². The Kier molecular flexibility index (Phi) is 7.06. The van der Waals surface area contributed by atoms with Crippen molar-refractivity contribution in [2.24, 2.45) is 5.92 Å². The summed E-state index contributed by atoms with van der Waals surface area (Å²) in [5.41, 5.74) is 2.79. The molecule has 1 aromatic rings. The molecule has 1 amide bonds. The normalized spacial score (nSPS) is 22.6. The van der Waals surface area contributed by atoms with E-state index in [1.165, 1.54) is 11.1 Å². The third kappa shape index (κ3) is 5.63. The van der Waals surface area contributed by atoms with Crippen molar-refractivity contribution in [3.8, 4) is 0 Å². The zero-order valence-electron chi connectivity index (χ0n) is 14.7. The summed E-state index contributed by atoms with van der Waals surface area (Å²) >= 11 is 0. The topological polar surface area (TPSA) is 42.8 Å². The Balaban J connectivity index is 1.75. The van der Waals surface area contributed by atoms with Crippen LogP contribution in [0, 0.1) is 5.92 Å². The second-order valence-corrected chi connectivity index (χ2v) is 6.74. The first kappa shape index (κ1) is 18.0. The Morgan fingerprint density at radius 2 is 1.87 bits per heavy atom. The quantitative estimate of drug-likeness (QED) is 0.793. The molecule has 1 saturated heterocycles. The van der Waals surface area contributed by atoms with Crippen molar-refractivity contribution in [2.45, 2.75) is 45.7 Å². The zero-order valence-corrected chi connectivity index (χ0v) is 14.7. The van der Waals surface area contributed by atoms with Crippen molar-refractivity contribution in [1.29, 1.82) is 0 Å². The van der Waals surface area contributed by atoms with Gasteiger partial charge >= 0.3 is 0 Å². The molecule has 1 atom stereocenters. The van der Waals surface area contributed by atoms with Crippen molar-refractivity contribution in [3.05, 3.63) is 35.4 Å². The number of rotatable bonds is 7. The van der Waals surface area contributed by atoms with Crippen LogP contribution < -0.4 is 10.2 Å². The van der Waals surface area contributed by atoms with E-state index in [2.05, 4.69) is 36.5 Å². The number of quaternary nitrogens is 1. The smallest absolute Gasteiger partial charge is 0.223 e. The molecule has 0 aliphatic carbocycles. The minimum absolute atomic E-state index is 0.0926. The Bertz CT molecular complexity index is 479. The number of methoxy groups -OCH3 is 1. The van der Waals surface area contributed by atoms with E-state index in [0.29, 0.717) is 6.61 Å². The molecule has 0 radical (unpaired) electrons. The number of amides is 1. The van der Waals surface area contributed by atoms with Crippen LogP contribution in [0.5, 0.6) is 0 Å². The number of benzene rings is 1. The zero-order chi connectivity index (χ0) is 16.7. The highest BCUT2D eigenvalue weighted by molar-refractivity contribution is 5.78. The SMILES string of the molecule is CCc1ccc(C[NH+]2CCC(C(=O)N[C@@H](C)COC)CC2)cc1. The first-order valence-electron chi connectivity index (χ1n) is 8.83. The van der Waals surface area contributed by atoms with E-state index in [1.54, 1.807) is 12.0 Å². The first-order valence-corrected chi connectivity index (χ1v) is 8.83. The molecular weight excluding hydrogens is 288 g/mol. The molecule has 4 heteroatoms. The maximum Gasteiger partial charge on any atom is 0.223 e. The first-order chi connectivity index (χ1) is 11.1. The van der Waals surface area contributed by atoms with Gasteiger partial charge in [0.2, 0.25) is 5.91 Å². The number of hydrogen-bond donors (Lipinski definition) is 2. The average molecular weight is 319 g/mol. The third-order valence-corrected chi connectivity index (χ3v) is 4.75. The van der Waals surface area contributed by atoms with E-state index >= 15 is 0 Å². The fraction of sp³-hybridized carbons (Fsp3) is 0.632. The highest BCUT2D eigenvalue weighted by Crippen LogP contribution is 2.11. The van der Waals surface area contributed by atoms with E-state index in [1.807, 2.05) is 6.92 Å². The number of piperidine rings is 1. The lowest BCUT2D eigenvalue weighted by Crippen LogP contribution is -3.11. The van der Waals surface area contributed by atoms with Crippen LogP contribution in [0.25, 0.3) is 0 Å². The van der Waals surface area contributed by atoms with E-state index in [0.717, 1.165) is 38.9 Å². The Morgan fingerprint density at radius 1 is 1.26 bits per heavy atom. The fourth-order valence-corrected chi connectivity index (χ4v) is 3.30. The van der Waals surface area contributed by atoms with Crippen LogP contribution in [0.3, 0.4) is 0 Å². The molecule has 2 N–H and O–H groups in total. The Labute approximate surface area is 140 Å². The molecule has 4 nitrogen and oxygen atoms in total. The molecule has 128 valence electrons. The molecule has 0 bridgehead atoms. The lowest BCUT2D eigenvalue weighted by atomic mass is 9.95. The summed E-state index contributed by atoms with van der Waals surface area (Å²) in [6, 6.07) is 9.04. The highest BCUT2D eigenvalue weighted by Gasteiger charge is 2.28. The maximum atomic E-state index is 12.2. The number of ether oxygens (including phenoxy) is 1. The van der Waals surface area contributed by atoms with Gasteiger partial charge < -0.3 is 15.0 Å². The fourth-order valence-electron chi connectivity index (χ4n) is 3.30. The molecule has 0 saturated carbocycles. The van der Waals surface area contributed by atoms with Gasteiger partial charge in [-0.1, -0.05) is 31.2 Å². The van der Waals surface area contributed by atoms with Gasteiger partial charge in [0, 0.05) is 37.5 Å². The van der Waals surface area contributed by atoms with Gasteiger partial charge in [-0.05, 0) is 18.9 Å². The minimum Gasteiger partial charge on any atom is -0.383 e. The number of likely N-dealkylation sites (tertiary alicyclic amines) is 1. The van der Waals surface area contributed by atoms with Gasteiger partial charge in [0.25, 0.3) is 0 Å². The summed E-state index contributed by atoms with van der Waals surface area (Å²) in [7, 11) is 1.66. The molecular formula is C19H31N2O2+. The predicted octanol–water partition coefficient (Wildman–Crippen LogP) is 1.20. The molecule has 0 unspecified atom stereocenters. The maximum absolute atomic E-state index is 12.2. The highest BCUT2D eigenvalue weighted by atomic mass is 16.5. The van der Waals surface area contributed by atoms with Gasteiger partial charge in [0.1, 0.15) is 6.54 Å². The summed E-state index contributed by atoms with van der Waals surface area (Å²) in [5.74, 6) is 0.362. The van der Waals surface area contributed by atoms with Crippen molar-refractivity contribution >= 4 is 5.91 Å². The number of hydrogen-bond acceptors (Lipinski definition) is 2. The van der Waals surface area contributed by atoms with E-state index in [-0.39, 0.29) is 17.9 Å². The predicted molar refractivity (Wildman–Crippen MR) is 92.4 cm³/mol. The standard InChI is InChI=1S/C19H30N2O2/c1-4-16-5-7-17(8-6-16)13-21-11-9-18(10-12-21)19(22)20-15(2)14-23-3/h5-8,15,18H,4,9-14H2,1-3H3,(H,20,22)/p+1/t15-/m0/s1. The van der Waals surface area contributed by atoms with Gasteiger partial charge in [-0.25, -0.2) is 0 Å². The van der Waals surface area contributed by atoms with Crippen molar-refractivity contribution < 1.29 is 14.4 Å². The molecule has 1 heterocycles. The van der Waals surface area contributed by atoms with Crippen LogP contribution in [0.2, 0.25) is 0 Å². The molecule has 1 aromatic carbocycles. The summed E-state index contributed by atoms with van der Waals surface area (Å²) in [6.45, 7) is 7.96. The Hall–Kier alpha value is -1.39. The van der Waals surface area contributed by atoms with Crippen LogP contribution in [0.4, 0.5) is 0 Å². The molecule has 0 spiro atoms. The number of aryl methyl sites for hydroxylation is 1. The van der Waals surface area contributed by atoms with E-state index in [9.17, 15) is 4.79 Å². The lowest BCUT2D eigenvalue weighted by Gasteiger charge is -2.29. The van der Waals surface area contributed by atoms with Crippen LogP contribution >= 0.6 is 0 Å². The van der Waals surface area contributed by atoms with Crippen LogP contribution in [0.15, 0.2) is 24.3 Å². The minimum atomic E-state index is 0.0926. The monoisotopic (exact) mass is 319 g/mol.